The third-order valence-corrected chi connectivity index (χ3v) is 3.91. The minimum atomic E-state index is 0.442. The van der Waals surface area contributed by atoms with Crippen molar-refractivity contribution < 1.29 is 4.74 Å². The molecule has 1 heterocycles. The minimum absolute atomic E-state index is 0.442. The van der Waals surface area contributed by atoms with Gasteiger partial charge in [-0.1, -0.05) is 48.0 Å². The number of hydrogen-bond acceptors (Lipinski definition) is 4. The van der Waals surface area contributed by atoms with E-state index < -0.39 is 0 Å². The van der Waals surface area contributed by atoms with Crippen molar-refractivity contribution in [3.05, 3.63) is 70.5 Å². The second-order valence-corrected chi connectivity index (χ2v) is 5.78. The van der Waals surface area contributed by atoms with Crippen LogP contribution in [-0.2, 0) is 0 Å². The third kappa shape index (κ3) is 3.92. The molecule has 0 atom stereocenters. The van der Waals surface area contributed by atoms with Crippen molar-refractivity contribution in [1.82, 2.24) is 14.9 Å². The van der Waals surface area contributed by atoms with Gasteiger partial charge >= 0.3 is 0 Å². The van der Waals surface area contributed by atoms with Gasteiger partial charge in [0.25, 0.3) is 0 Å². The van der Waals surface area contributed by atoms with Crippen LogP contribution in [0.3, 0.4) is 0 Å². The monoisotopic (exact) mass is 350 g/mol. The summed E-state index contributed by atoms with van der Waals surface area (Å²) in [5.74, 6) is 1.49. The van der Waals surface area contributed by atoms with Gasteiger partial charge in [0.1, 0.15) is 5.75 Å². The standard InChI is InChI=1S/C19H18N4OS/c1-14-9-11-16(12-10-14)18-21-22-19(25)23(18)20-13-5-7-15-6-3-4-8-17(15)24-2/h3-13H,1-2H3,(H,22,25)/b7-5+,20-13?. The average molecular weight is 350 g/mol. The lowest BCUT2D eigenvalue weighted by molar-refractivity contribution is 0.414. The Morgan fingerprint density at radius 3 is 2.68 bits per heavy atom. The number of para-hydroxylation sites is 1. The molecule has 1 N–H and O–H groups in total. The van der Waals surface area contributed by atoms with Crippen molar-refractivity contribution >= 4 is 24.5 Å². The van der Waals surface area contributed by atoms with E-state index in [2.05, 4.69) is 15.3 Å². The van der Waals surface area contributed by atoms with Crippen molar-refractivity contribution in [1.29, 1.82) is 0 Å². The number of hydrogen-bond donors (Lipinski definition) is 1. The van der Waals surface area contributed by atoms with Crippen molar-refractivity contribution in [2.75, 3.05) is 7.11 Å². The summed E-state index contributed by atoms with van der Waals surface area (Å²) in [6.45, 7) is 2.04. The van der Waals surface area contributed by atoms with Crippen molar-refractivity contribution in [2.45, 2.75) is 6.92 Å². The molecular formula is C19H18N4OS. The Labute approximate surface area is 151 Å². The van der Waals surface area contributed by atoms with Crippen LogP contribution in [0, 0.1) is 11.7 Å². The maximum Gasteiger partial charge on any atom is 0.216 e. The van der Waals surface area contributed by atoms with E-state index in [9.17, 15) is 0 Å². The van der Waals surface area contributed by atoms with Gasteiger partial charge in [-0.05, 0) is 37.4 Å². The maximum atomic E-state index is 5.32. The Kier molecular flexibility index (Phi) is 5.20. The van der Waals surface area contributed by atoms with Gasteiger partial charge in [0, 0.05) is 17.3 Å². The van der Waals surface area contributed by atoms with Gasteiger partial charge in [0.05, 0.1) is 7.11 Å². The number of ether oxygens (including phenoxy) is 1. The van der Waals surface area contributed by atoms with Crippen LogP contribution in [-0.4, -0.2) is 28.2 Å². The van der Waals surface area contributed by atoms with Gasteiger partial charge < -0.3 is 4.74 Å². The second kappa shape index (κ2) is 7.72. The molecule has 0 bridgehead atoms. The number of nitrogens with one attached hydrogen (secondary N) is 1. The lowest BCUT2D eigenvalue weighted by Gasteiger charge is -2.02. The van der Waals surface area contributed by atoms with Gasteiger partial charge in [-0.15, -0.1) is 0 Å². The van der Waals surface area contributed by atoms with Crippen molar-refractivity contribution in [3.63, 3.8) is 0 Å². The fourth-order valence-corrected chi connectivity index (χ4v) is 2.52. The first-order valence-electron chi connectivity index (χ1n) is 7.77. The molecule has 0 unspecified atom stereocenters. The molecule has 0 fully saturated rings. The van der Waals surface area contributed by atoms with E-state index in [0.29, 0.717) is 10.6 Å². The van der Waals surface area contributed by atoms with Crippen LogP contribution in [0.1, 0.15) is 11.1 Å². The lowest BCUT2D eigenvalue weighted by Crippen LogP contribution is -1.93. The van der Waals surface area contributed by atoms with Gasteiger partial charge in [-0.2, -0.15) is 14.9 Å². The maximum absolute atomic E-state index is 5.32. The molecule has 0 saturated heterocycles. The van der Waals surface area contributed by atoms with Crippen LogP contribution >= 0.6 is 12.2 Å². The highest BCUT2D eigenvalue weighted by atomic mass is 32.1. The number of allylic oxidation sites excluding steroid dienone is 1. The summed E-state index contributed by atoms with van der Waals surface area (Å²) in [6.07, 6.45) is 5.44. The molecule has 3 aromatic rings. The van der Waals surface area contributed by atoms with E-state index in [1.807, 2.05) is 67.6 Å². The van der Waals surface area contributed by atoms with E-state index >= 15 is 0 Å². The van der Waals surface area contributed by atoms with E-state index in [-0.39, 0.29) is 0 Å². The molecule has 3 rings (SSSR count). The van der Waals surface area contributed by atoms with E-state index in [0.717, 1.165) is 16.9 Å². The zero-order valence-corrected chi connectivity index (χ0v) is 14.8. The molecule has 5 nitrogen and oxygen atoms in total. The molecule has 0 amide bonds. The quantitative estimate of drug-likeness (QED) is 0.545. The van der Waals surface area contributed by atoms with Crippen LogP contribution in [0.25, 0.3) is 17.5 Å². The van der Waals surface area contributed by atoms with Crippen LogP contribution < -0.4 is 4.74 Å². The summed E-state index contributed by atoms with van der Waals surface area (Å²) < 4.78 is 7.37. The fraction of sp³-hybridized carbons (Fsp3) is 0.105. The average Bonchev–Trinajstić information content (AvgIpc) is 3.00. The molecule has 25 heavy (non-hydrogen) atoms. The Balaban J connectivity index is 1.85. The first-order valence-corrected chi connectivity index (χ1v) is 8.18. The summed E-state index contributed by atoms with van der Waals surface area (Å²) in [6, 6.07) is 15.8. The number of nitrogens with zero attached hydrogens (tertiary/aromatic N) is 3. The van der Waals surface area contributed by atoms with Gasteiger partial charge in [-0.25, -0.2) is 5.10 Å². The molecule has 0 saturated carbocycles. The smallest absolute Gasteiger partial charge is 0.216 e. The Hall–Kier alpha value is -2.99. The first-order chi connectivity index (χ1) is 12.2. The molecular weight excluding hydrogens is 332 g/mol. The topological polar surface area (TPSA) is 55.2 Å². The zero-order valence-electron chi connectivity index (χ0n) is 14.0. The van der Waals surface area contributed by atoms with E-state index in [4.69, 9.17) is 17.0 Å². The highest BCUT2D eigenvalue weighted by molar-refractivity contribution is 7.71. The Bertz CT molecular complexity index is 968. The predicted molar refractivity (Wildman–Crippen MR) is 104 cm³/mol. The number of aryl methyl sites for hydroxylation is 1. The molecule has 1 aromatic heterocycles. The number of benzene rings is 2. The van der Waals surface area contributed by atoms with Crippen LogP contribution in [0.2, 0.25) is 0 Å². The third-order valence-electron chi connectivity index (χ3n) is 3.64. The highest BCUT2D eigenvalue weighted by Crippen LogP contribution is 2.19. The number of H-pyrrole nitrogens is 1. The zero-order chi connectivity index (χ0) is 17.6. The van der Waals surface area contributed by atoms with Crippen molar-refractivity contribution in [2.24, 2.45) is 5.10 Å². The summed E-state index contributed by atoms with van der Waals surface area (Å²) in [7, 11) is 1.65. The Morgan fingerprint density at radius 1 is 1.16 bits per heavy atom. The molecule has 2 aromatic carbocycles. The lowest BCUT2D eigenvalue weighted by atomic mass is 10.1. The summed E-state index contributed by atoms with van der Waals surface area (Å²) >= 11 is 5.27. The summed E-state index contributed by atoms with van der Waals surface area (Å²) in [5.41, 5.74) is 3.11. The molecule has 0 aliphatic heterocycles. The SMILES string of the molecule is COc1ccccc1/C=C/C=Nn1c(-c2ccc(C)cc2)n[nH]c1=S. The Morgan fingerprint density at radius 2 is 1.92 bits per heavy atom. The van der Waals surface area contributed by atoms with Crippen LogP contribution in [0.5, 0.6) is 5.75 Å². The van der Waals surface area contributed by atoms with Gasteiger partial charge in [-0.3, -0.25) is 0 Å². The molecule has 126 valence electrons. The molecule has 6 heteroatoms. The molecule has 0 aliphatic carbocycles. The number of methoxy groups -OCH3 is 1. The van der Waals surface area contributed by atoms with E-state index in [1.165, 1.54) is 5.56 Å². The largest absolute Gasteiger partial charge is 0.496 e. The summed E-state index contributed by atoms with van der Waals surface area (Å²) in [5, 5.41) is 11.5. The highest BCUT2D eigenvalue weighted by Gasteiger charge is 2.07. The van der Waals surface area contributed by atoms with E-state index in [1.54, 1.807) is 18.0 Å². The summed E-state index contributed by atoms with van der Waals surface area (Å²) in [4.78, 5) is 0. The molecule has 0 spiro atoms. The number of aromatic nitrogens is 3. The number of rotatable bonds is 5. The van der Waals surface area contributed by atoms with Gasteiger partial charge in [0.2, 0.25) is 4.77 Å². The van der Waals surface area contributed by atoms with Gasteiger partial charge in [0.15, 0.2) is 5.82 Å². The normalized spacial score (nSPS) is 11.4. The molecule has 0 radical (unpaired) electrons. The number of aromatic amines is 1. The predicted octanol–water partition coefficient (Wildman–Crippen LogP) is 4.47. The first kappa shape index (κ1) is 16.9. The van der Waals surface area contributed by atoms with Crippen LogP contribution in [0.15, 0.2) is 59.7 Å². The minimum Gasteiger partial charge on any atom is -0.496 e. The van der Waals surface area contributed by atoms with Crippen molar-refractivity contribution in [3.8, 4) is 17.1 Å². The fourth-order valence-electron chi connectivity index (χ4n) is 2.34. The van der Waals surface area contributed by atoms with Crippen LogP contribution in [0.4, 0.5) is 0 Å². The second-order valence-electron chi connectivity index (χ2n) is 5.40. The molecule has 0 aliphatic rings.